The van der Waals surface area contributed by atoms with E-state index in [2.05, 4.69) is 55.5 Å². The van der Waals surface area contributed by atoms with Gasteiger partial charge >= 0.3 is 0 Å². The summed E-state index contributed by atoms with van der Waals surface area (Å²) in [5, 5.41) is 3.17. The van der Waals surface area contributed by atoms with Crippen molar-refractivity contribution in [2.24, 2.45) is 0 Å². The SMILES string of the molecule is CCCCOc1ccc(C(=O)NC[C@@H](c2ccc(N(C)C)cc2)[NH+]2CCCC2)cc1. The lowest BCUT2D eigenvalue weighted by atomic mass is 10.0. The van der Waals surface area contributed by atoms with Gasteiger partial charge in [0.1, 0.15) is 11.8 Å². The predicted octanol–water partition coefficient (Wildman–Crippen LogP) is 3.08. The van der Waals surface area contributed by atoms with Gasteiger partial charge in [-0.2, -0.15) is 0 Å². The van der Waals surface area contributed by atoms with Crippen LogP contribution in [0.3, 0.4) is 0 Å². The summed E-state index contributed by atoms with van der Waals surface area (Å²) in [5.41, 5.74) is 3.16. The number of ether oxygens (including phenoxy) is 1. The summed E-state index contributed by atoms with van der Waals surface area (Å²) >= 11 is 0. The lowest BCUT2D eigenvalue weighted by molar-refractivity contribution is -0.918. The quantitative estimate of drug-likeness (QED) is 0.592. The Kier molecular flexibility index (Phi) is 8.14. The molecule has 0 unspecified atom stereocenters. The van der Waals surface area contributed by atoms with Gasteiger partial charge in [-0.05, 0) is 42.8 Å². The first-order valence-corrected chi connectivity index (χ1v) is 11.2. The number of carbonyl (C=O) groups is 1. The zero-order valence-corrected chi connectivity index (χ0v) is 18.6. The number of carbonyl (C=O) groups excluding carboxylic acids is 1. The predicted molar refractivity (Wildman–Crippen MR) is 123 cm³/mol. The second kappa shape index (κ2) is 11.0. The molecule has 0 aromatic heterocycles. The van der Waals surface area contributed by atoms with Crippen molar-refractivity contribution >= 4 is 11.6 Å². The maximum Gasteiger partial charge on any atom is 0.251 e. The number of anilines is 1. The molecule has 162 valence electrons. The molecule has 2 N–H and O–H groups in total. The summed E-state index contributed by atoms with van der Waals surface area (Å²) in [7, 11) is 4.11. The Balaban J connectivity index is 1.62. The van der Waals surface area contributed by atoms with Crippen molar-refractivity contribution in [3.63, 3.8) is 0 Å². The molecule has 5 nitrogen and oxygen atoms in total. The van der Waals surface area contributed by atoms with Crippen molar-refractivity contribution in [3.05, 3.63) is 59.7 Å². The van der Waals surface area contributed by atoms with Gasteiger partial charge in [-0.1, -0.05) is 25.5 Å². The zero-order valence-electron chi connectivity index (χ0n) is 18.6. The second-order valence-electron chi connectivity index (χ2n) is 8.34. The molecule has 0 bridgehead atoms. The van der Waals surface area contributed by atoms with Gasteiger partial charge in [0, 0.05) is 43.8 Å². The van der Waals surface area contributed by atoms with E-state index in [0.29, 0.717) is 12.1 Å². The van der Waals surface area contributed by atoms with Crippen molar-refractivity contribution < 1.29 is 14.4 Å². The van der Waals surface area contributed by atoms with Gasteiger partial charge < -0.3 is 19.9 Å². The van der Waals surface area contributed by atoms with Gasteiger partial charge in [-0.3, -0.25) is 4.79 Å². The van der Waals surface area contributed by atoms with E-state index in [9.17, 15) is 4.79 Å². The second-order valence-corrected chi connectivity index (χ2v) is 8.34. The van der Waals surface area contributed by atoms with Gasteiger partial charge in [0.15, 0.2) is 0 Å². The number of rotatable bonds is 10. The summed E-state index contributed by atoms with van der Waals surface area (Å²) in [5.74, 6) is 0.795. The smallest absolute Gasteiger partial charge is 0.251 e. The lowest BCUT2D eigenvalue weighted by Crippen LogP contribution is -3.11. The first-order valence-electron chi connectivity index (χ1n) is 11.2. The zero-order chi connectivity index (χ0) is 21.3. The van der Waals surface area contributed by atoms with Crippen LogP contribution in [-0.4, -0.2) is 46.2 Å². The third-order valence-electron chi connectivity index (χ3n) is 5.90. The van der Waals surface area contributed by atoms with Crippen LogP contribution in [0.15, 0.2) is 48.5 Å². The largest absolute Gasteiger partial charge is 0.494 e. The maximum absolute atomic E-state index is 12.7. The summed E-state index contributed by atoms with van der Waals surface area (Å²) in [4.78, 5) is 16.4. The highest BCUT2D eigenvalue weighted by Crippen LogP contribution is 2.18. The van der Waals surface area contributed by atoms with Crippen LogP contribution >= 0.6 is 0 Å². The van der Waals surface area contributed by atoms with Crippen LogP contribution in [0.5, 0.6) is 5.75 Å². The number of hydrogen-bond acceptors (Lipinski definition) is 3. The number of amides is 1. The summed E-state index contributed by atoms with van der Waals surface area (Å²) in [6.07, 6.45) is 4.67. The molecule has 5 heteroatoms. The molecular weight excluding hydrogens is 374 g/mol. The highest BCUT2D eigenvalue weighted by Gasteiger charge is 2.28. The fourth-order valence-corrected chi connectivity index (χ4v) is 4.01. The molecule has 2 aromatic rings. The molecule has 1 saturated heterocycles. The molecule has 0 aliphatic carbocycles. The Morgan fingerprint density at radius 2 is 1.73 bits per heavy atom. The first-order chi connectivity index (χ1) is 14.6. The Hall–Kier alpha value is -2.53. The van der Waals surface area contributed by atoms with Gasteiger partial charge in [0.25, 0.3) is 5.91 Å². The number of benzene rings is 2. The topological polar surface area (TPSA) is 46.0 Å². The van der Waals surface area contributed by atoms with Crippen LogP contribution < -0.4 is 19.9 Å². The molecule has 0 saturated carbocycles. The van der Waals surface area contributed by atoms with Crippen molar-refractivity contribution in [1.29, 1.82) is 0 Å². The standard InChI is InChI=1S/C25H35N3O2/c1-4-5-18-30-23-14-10-21(11-15-23)25(29)26-19-24(28-16-6-7-17-28)20-8-12-22(13-9-20)27(2)3/h8-15,24H,4-7,16-19H2,1-3H3,(H,26,29)/p+1/t24-/m0/s1. The Bertz CT molecular complexity index is 781. The molecule has 3 rings (SSSR count). The minimum atomic E-state index is -0.0244. The van der Waals surface area contributed by atoms with Crippen molar-refractivity contribution in [2.75, 3.05) is 45.2 Å². The molecule has 1 heterocycles. The summed E-state index contributed by atoms with van der Waals surface area (Å²) in [6, 6.07) is 16.5. The van der Waals surface area contributed by atoms with E-state index in [1.54, 1.807) is 4.90 Å². The average molecular weight is 411 g/mol. The minimum absolute atomic E-state index is 0.0244. The van der Waals surface area contributed by atoms with Gasteiger partial charge in [-0.25, -0.2) is 0 Å². The highest BCUT2D eigenvalue weighted by molar-refractivity contribution is 5.94. The fourth-order valence-electron chi connectivity index (χ4n) is 4.01. The molecule has 1 aliphatic rings. The third-order valence-corrected chi connectivity index (χ3v) is 5.90. The van der Waals surface area contributed by atoms with Crippen molar-refractivity contribution in [2.45, 2.75) is 38.6 Å². The highest BCUT2D eigenvalue weighted by atomic mass is 16.5. The number of nitrogens with zero attached hydrogens (tertiary/aromatic N) is 1. The molecule has 0 spiro atoms. The van der Waals surface area contributed by atoms with Crippen LogP contribution in [0.25, 0.3) is 0 Å². The van der Waals surface area contributed by atoms with E-state index in [1.807, 2.05) is 24.3 Å². The summed E-state index contributed by atoms with van der Waals surface area (Å²) < 4.78 is 5.69. The minimum Gasteiger partial charge on any atom is -0.494 e. The van der Waals surface area contributed by atoms with Crippen LogP contribution in [0.2, 0.25) is 0 Å². The Morgan fingerprint density at radius 3 is 2.33 bits per heavy atom. The monoisotopic (exact) mass is 410 g/mol. The van der Waals surface area contributed by atoms with E-state index >= 15 is 0 Å². The van der Waals surface area contributed by atoms with Crippen LogP contribution in [0, 0.1) is 0 Å². The van der Waals surface area contributed by atoms with Gasteiger partial charge in [-0.15, -0.1) is 0 Å². The number of hydrogen-bond donors (Lipinski definition) is 2. The number of quaternary nitrogens is 1. The van der Waals surface area contributed by atoms with Gasteiger partial charge in [0.05, 0.1) is 26.2 Å². The van der Waals surface area contributed by atoms with E-state index < -0.39 is 0 Å². The summed E-state index contributed by atoms with van der Waals surface area (Å²) in [6.45, 7) is 5.84. The average Bonchev–Trinajstić information content (AvgIpc) is 3.29. The van der Waals surface area contributed by atoms with Gasteiger partial charge in [0.2, 0.25) is 0 Å². The molecule has 1 atom stereocenters. The van der Waals surface area contributed by atoms with Crippen LogP contribution in [0.4, 0.5) is 5.69 Å². The lowest BCUT2D eigenvalue weighted by Gasteiger charge is -2.26. The molecule has 2 aromatic carbocycles. The van der Waals surface area contributed by atoms with E-state index in [-0.39, 0.29) is 11.9 Å². The van der Waals surface area contributed by atoms with Crippen molar-refractivity contribution in [1.82, 2.24) is 5.32 Å². The maximum atomic E-state index is 12.7. The molecule has 1 amide bonds. The van der Waals surface area contributed by atoms with Crippen LogP contribution in [0.1, 0.15) is 54.6 Å². The van der Waals surface area contributed by atoms with Crippen molar-refractivity contribution in [3.8, 4) is 5.75 Å². The van der Waals surface area contributed by atoms with E-state index in [4.69, 9.17) is 4.74 Å². The molecule has 1 aliphatic heterocycles. The normalized spacial score (nSPS) is 15.0. The third kappa shape index (κ3) is 5.99. The first kappa shape index (κ1) is 22.2. The van der Waals surface area contributed by atoms with E-state index in [1.165, 1.54) is 37.2 Å². The molecule has 30 heavy (non-hydrogen) atoms. The Labute approximate surface area is 181 Å². The molecular formula is C25H36N3O2+. The fraction of sp³-hybridized carbons (Fsp3) is 0.480. The number of unbranched alkanes of at least 4 members (excludes halogenated alkanes) is 1. The Morgan fingerprint density at radius 1 is 1.07 bits per heavy atom. The number of nitrogens with one attached hydrogen (secondary N) is 2. The van der Waals surface area contributed by atoms with Crippen LogP contribution in [-0.2, 0) is 0 Å². The number of likely N-dealkylation sites (tertiary alicyclic amines) is 1. The molecule has 0 radical (unpaired) electrons. The molecule has 1 fully saturated rings. The van der Waals surface area contributed by atoms with E-state index in [0.717, 1.165) is 25.2 Å².